The molecule has 0 radical (unpaired) electrons. The number of nitrogens with zero attached hydrogens (tertiary/aromatic N) is 2. The number of hydrogen-bond acceptors (Lipinski definition) is 3. The second kappa shape index (κ2) is 8.66. The van der Waals surface area contributed by atoms with E-state index in [0.29, 0.717) is 11.7 Å². The lowest BCUT2D eigenvalue weighted by molar-refractivity contribution is 0.297. The second-order valence-corrected chi connectivity index (χ2v) is 7.43. The zero-order valence-corrected chi connectivity index (χ0v) is 15.3. The highest BCUT2D eigenvalue weighted by Gasteiger charge is 2.34. The number of rotatable bonds is 9. The molecule has 1 fully saturated rings. The molecule has 1 aromatic heterocycles. The van der Waals surface area contributed by atoms with E-state index >= 15 is 0 Å². The predicted molar refractivity (Wildman–Crippen MR) is 98.4 cm³/mol. The maximum atomic E-state index is 6.19. The van der Waals surface area contributed by atoms with E-state index in [1.165, 1.54) is 44.1 Å². The number of halogens is 1. The molecular formula is C20H27ClN2O. The summed E-state index contributed by atoms with van der Waals surface area (Å²) >= 11 is 6.19. The minimum absolute atomic E-state index is 0.151. The first-order valence-electron chi connectivity index (χ1n) is 9.35. The molecule has 0 aliphatic heterocycles. The van der Waals surface area contributed by atoms with Crippen molar-refractivity contribution in [2.24, 2.45) is 0 Å². The number of hydrogen-bond donors (Lipinski definition) is 0. The zero-order valence-electron chi connectivity index (χ0n) is 14.5. The Balaban J connectivity index is 1.49. The van der Waals surface area contributed by atoms with Crippen LogP contribution < -0.4 is 0 Å². The third kappa shape index (κ3) is 4.38. The Morgan fingerprint density at radius 2 is 1.79 bits per heavy atom. The first-order valence-corrected chi connectivity index (χ1v) is 9.78. The molecule has 24 heavy (non-hydrogen) atoms. The molecule has 0 amide bonds. The minimum atomic E-state index is 0.151. The van der Waals surface area contributed by atoms with E-state index in [-0.39, 0.29) is 11.3 Å². The normalized spacial score (nSPS) is 20.1. The summed E-state index contributed by atoms with van der Waals surface area (Å²) in [5, 5.41) is 4.26. The molecule has 2 atom stereocenters. The number of aryl methyl sites for hydroxylation is 1. The molecule has 1 aromatic carbocycles. The van der Waals surface area contributed by atoms with Crippen molar-refractivity contribution in [3.8, 4) is 11.4 Å². The fourth-order valence-corrected chi connectivity index (χ4v) is 3.53. The van der Waals surface area contributed by atoms with Gasteiger partial charge in [0.25, 0.3) is 0 Å². The van der Waals surface area contributed by atoms with Gasteiger partial charge in [-0.05, 0) is 31.2 Å². The van der Waals surface area contributed by atoms with Crippen LogP contribution in [0.1, 0.15) is 75.7 Å². The van der Waals surface area contributed by atoms with Gasteiger partial charge < -0.3 is 4.52 Å². The summed E-state index contributed by atoms with van der Waals surface area (Å²) in [5.74, 6) is 1.60. The monoisotopic (exact) mass is 346 g/mol. The quantitative estimate of drug-likeness (QED) is 0.405. The van der Waals surface area contributed by atoms with Crippen molar-refractivity contribution in [2.45, 2.75) is 76.0 Å². The van der Waals surface area contributed by atoms with Crippen LogP contribution in [0.15, 0.2) is 28.8 Å². The first kappa shape index (κ1) is 17.5. The smallest absolute Gasteiger partial charge is 0.231 e. The summed E-state index contributed by atoms with van der Waals surface area (Å²) in [6.45, 7) is 2.26. The number of alkyl halides is 1. The summed E-state index contributed by atoms with van der Waals surface area (Å²) in [7, 11) is 0. The van der Waals surface area contributed by atoms with Crippen LogP contribution >= 0.6 is 11.6 Å². The fraction of sp³-hybridized carbons (Fsp3) is 0.600. The number of aromatic nitrogens is 2. The van der Waals surface area contributed by atoms with E-state index in [4.69, 9.17) is 16.1 Å². The molecule has 2 aromatic rings. The molecule has 1 unspecified atom stereocenters. The highest BCUT2D eigenvalue weighted by molar-refractivity contribution is 6.21. The lowest BCUT2D eigenvalue weighted by Gasteiger charge is -2.27. The highest BCUT2D eigenvalue weighted by atomic mass is 35.5. The Morgan fingerprint density at radius 1 is 1.04 bits per heavy atom. The van der Waals surface area contributed by atoms with Crippen molar-refractivity contribution in [1.82, 2.24) is 10.1 Å². The number of unbranched alkanes of at least 4 members (excludes halogenated alkanes) is 5. The predicted octanol–water partition coefficient (Wildman–Crippen LogP) is 6.12. The van der Waals surface area contributed by atoms with E-state index in [9.17, 15) is 0 Å². The van der Waals surface area contributed by atoms with Gasteiger partial charge in [0.1, 0.15) is 0 Å². The topological polar surface area (TPSA) is 38.9 Å². The Hall–Kier alpha value is -1.35. The average molecular weight is 347 g/mol. The maximum Gasteiger partial charge on any atom is 0.231 e. The summed E-state index contributed by atoms with van der Waals surface area (Å²) < 4.78 is 5.39. The molecule has 0 saturated heterocycles. The van der Waals surface area contributed by atoms with Crippen molar-refractivity contribution in [2.75, 3.05) is 0 Å². The van der Waals surface area contributed by atoms with Crippen LogP contribution in [0.25, 0.3) is 11.4 Å². The lowest BCUT2D eigenvalue weighted by Crippen LogP contribution is -2.24. The standard InChI is InChI=1S/C20H27ClN2O/c1-2-3-4-5-6-7-8-15-9-11-16(12-10-15)19-22-20(24-23-19)17-13-14-18(17)21/h9-12,17-18H,2-8,13-14H2,1H3/t17-,18?/m1/s1. The molecule has 1 aliphatic carbocycles. The van der Waals surface area contributed by atoms with E-state index in [0.717, 1.165) is 24.8 Å². The Labute approximate surface area is 149 Å². The van der Waals surface area contributed by atoms with Crippen molar-refractivity contribution >= 4 is 11.6 Å². The van der Waals surface area contributed by atoms with E-state index in [1.807, 2.05) is 0 Å². The van der Waals surface area contributed by atoms with Crippen LogP contribution in [-0.4, -0.2) is 15.5 Å². The molecular weight excluding hydrogens is 320 g/mol. The lowest BCUT2D eigenvalue weighted by atomic mass is 9.85. The summed E-state index contributed by atoms with van der Waals surface area (Å²) in [6, 6.07) is 8.57. The molecule has 1 aliphatic rings. The van der Waals surface area contributed by atoms with Crippen LogP contribution in [-0.2, 0) is 6.42 Å². The van der Waals surface area contributed by atoms with Gasteiger partial charge in [0.15, 0.2) is 0 Å². The highest BCUT2D eigenvalue weighted by Crippen LogP contribution is 2.40. The molecule has 0 spiro atoms. The van der Waals surface area contributed by atoms with Crippen molar-refractivity contribution < 1.29 is 4.52 Å². The average Bonchev–Trinajstić information content (AvgIpc) is 3.06. The maximum absolute atomic E-state index is 6.19. The van der Waals surface area contributed by atoms with Crippen LogP contribution in [0, 0.1) is 0 Å². The number of benzene rings is 1. The van der Waals surface area contributed by atoms with Gasteiger partial charge in [-0.25, -0.2) is 0 Å². The molecule has 4 heteroatoms. The van der Waals surface area contributed by atoms with Gasteiger partial charge in [-0.2, -0.15) is 4.98 Å². The van der Waals surface area contributed by atoms with Crippen LogP contribution in [0.3, 0.4) is 0 Å². The van der Waals surface area contributed by atoms with Gasteiger partial charge in [0, 0.05) is 10.9 Å². The third-order valence-corrected chi connectivity index (χ3v) is 5.50. The molecule has 3 nitrogen and oxygen atoms in total. The van der Waals surface area contributed by atoms with Crippen molar-refractivity contribution in [1.29, 1.82) is 0 Å². The second-order valence-electron chi connectivity index (χ2n) is 6.87. The Bertz CT molecular complexity index is 623. The van der Waals surface area contributed by atoms with Gasteiger partial charge in [-0.15, -0.1) is 11.6 Å². The molecule has 3 rings (SSSR count). The van der Waals surface area contributed by atoms with Crippen LogP contribution in [0.4, 0.5) is 0 Å². The van der Waals surface area contributed by atoms with Gasteiger partial charge in [-0.1, -0.05) is 68.4 Å². The summed E-state index contributed by atoms with van der Waals surface area (Å²) in [4.78, 5) is 4.52. The van der Waals surface area contributed by atoms with E-state index in [2.05, 4.69) is 41.3 Å². The van der Waals surface area contributed by atoms with Gasteiger partial charge in [-0.3, -0.25) is 0 Å². The SMILES string of the molecule is CCCCCCCCc1ccc(-c2noc([C@@H]3CCC3Cl)n2)cc1. The largest absolute Gasteiger partial charge is 0.339 e. The van der Waals surface area contributed by atoms with Crippen LogP contribution in [0.5, 0.6) is 0 Å². The van der Waals surface area contributed by atoms with E-state index in [1.54, 1.807) is 0 Å². The summed E-state index contributed by atoms with van der Waals surface area (Å²) in [6.07, 6.45) is 11.3. The van der Waals surface area contributed by atoms with Crippen LogP contribution in [0.2, 0.25) is 0 Å². The molecule has 1 heterocycles. The molecule has 0 N–H and O–H groups in total. The zero-order chi connectivity index (χ0) is 16.8. The van der Waals surface area contributed by atoms with Gasteiger partial charge in [0.2, 0.25) is 11.7 Å². The van der Waals surface area contributed by atoms with Crippen molar-refractivity contribution in [3.63, 3.8) is 0 Å². The Morgan fingerprint density at radius 3 is 2.46 bits per heavy atom. The van der Waals surface area contributed by atoms with Crippen molar-refractivity contribution in [3.05, 3.63) is 35.7 Å². The minimum Gasteiger partial charge on any atom is -0.339 e. The third-order valence-electron chi connectivity index (χ3n) is 4.98. The van der Waals surface area contributed by atoms with Gasteiger partial charge in [0.05, 0.1) is 5.92 Å². The molecule has 1 saturated carbocycles. The first-order chi connectivity index (χ1) is 11.8. The summed E-state index contributed by atoms with van der Waals surface area (Å²) in [5.41, 5.74) is 2.40. The fourth-order valence-electron chi connectivity index (χ4n) is 3.17. The Kier molecular flexibility index (Phi) is 6.30. The molecule has 0 bridgehead atoms. The van der Waals surface area contributed by atoms with Gasteiger partial charge >= 0.3 is 0 Å². The molecule has 130 valence electrons. The van der Waals surface area contributed by atoms with E-state index < -0.39 is 0 Å².